The zero-order valence-corrected chi connectivity index (χ0v) is 8.00. The molecule has 0 spiro atoms. The molecule has 0 radical (unpaired) electrons. The second kappa shape index (κ2) is 6.99. The summed E-state index contributed by atoms with van der Waals surface area (Å²) in [5.41, 5.74) is 0. The van der Waals surface area contributed by atoms with Gasteiger partial charge in [-0.1, -0.05) is 0 Å². The van der Waals surface area contributed by atoms with Crippen molar-refractivity contribution in [2.45, 2.75) is 0 Å². The van der Waals surface area contributed by atoms with Gasteiger partial charge in [-0.05, 0) is 12.2 Å². The highest BCUT2D eigenvalue weighted by Gasteiger charge is 2.10. The largest absolute Gasteiger partial charge is 0.695 e. The van der Waals surface area contributed by atoms with Crippen LogP contribution in [-0.4, -0.2) is 20.3 Å². The van der Waals surface area contributed by atoms with Crippen LogP contribution in [0.2, 0.25) is 0 Å². The standard InChI is InChI=1S/C5H6FO5PS/c6-3-1-5(13(9)10)2-4-11-12(7)8/h1-3H,4H2,(H-,7,8,9,10)/p+1. The van der Waals surface area contributed by atoms with Crippen molar-refractivity contribution in [1.29, 1.82) is 0 Å². The van der Waals surface area contributed by atoms with Crippen LogP contribution in [0.25, 0.3) is 0 Å². The number of allylic oxidation sites excluding steroid dienone is 1. The van der Waals surface area contributed by atoms with Gasteiger partial charge in [0, 0.05) is 4.57 Å². The second-order valence-corrected chi connectivity index (χ2v) is 3.39. The van der Waals surface area contributed by atoms with E-state index in [0.29, 0.717) is 0 Å². The van der Waals surface area contributed by atoms with Crippen LogP contribution < -0.4 is 0 Å². The molecule has 0 fully saturated rings. The fraction of sp³-hybridized carbons (Fsp3) is 0.200. The summed E-state index contributed by atoms with van der Waals surface area (Å²) in [7, 11) is -2.75. The van der Waals surface area contributed by atoms with Crippen LogP contribution in [0, 0.1) is 0 Å². The van der Waals surface area contributed by atoms with Gasteiger partial charge in [0.25, 0.3) is 0 Å². The quantitative estimate of drug-likeness (QED) is 0.421. The van der Waals surface area contributed by atoms with E-state index in [0.717, 1.165) is 12.2 Å². The van der Waals surface area contributed by atoms with Crippen molar-refractivity contribution < 1.29 is 27.1 Å². The number of hydrogen-bond donors (Lipinski definition) is 2. The third-order valence-electron chi connectivity index (χ3n) is 0.898. The van der Waals surface area contributed by atoms with Crippen molar-refractivity contribution in [2.75, 3.05) is 6.61 Å². The van der Waals surface area contributed by atoms with Crippen LogP contribution in [0.15, 0.2) is 23.4 Å². The molecule has 0 bridgehead atoms. The second-order valence-electron chi connectivity index (χ2n) is 1.68. The van der Waals surface area contributed by atoms with Gasteiger partial charge in [-0.2, -0.15) is 0 Å². The van der Waals surface area contributed by atoms with Gasteiger partial charge in [0.05, 0.1) is 11.2 Å². The van der Waals surface area contributed by atoms with Gasteiger partial charge in [0.15, 0.2) is 11.1 Å². The molecule has 0 aromatic heterocycles. The van der Waals surface area contributed by atoms with E-state index in [4.69, 9.17) is 9.45 Å². The highest BCUT2D eigenvalue weighted by atomic mass is 32.2. The van der Waals surface area contributed by atoms with Crippen LogP contribution in [0.5, 0.6) is 0 Å². The smallest absolute Gasteiger partial charge is 0.302 e. The maximum atomic E-state index is 11.6. The molecule has 0 aliphatic carbocycles. The zero-order valence-electron chi connectivity index (χ0n) is 6.29. The van der Waals surface area contributed by atoms with Crippen molar-refractivity contribution in [3.63, 3.8) is 0 Å². The number of halogens is 1. The van der Waals surface area contributed by atoms with Crippen molar-refractivity contribution in [3.8, 4) is 0 Å². The van der Waals surface area contributed by atoms with E-state index in [1.54, 1.807) is 0 Å². The zero-order chi connectivity index (χ0) is 10.3. The lowest BCUT2D eigenvalue weighted by Gasteiger charge is -1.91. The van der Waals surface area contributed by atoms with E-state index in [2.05, 4.69) is 4.52 Å². The maximum Gasteiger partial charge on any atom is 0.695 e. The minimum atomic E-state index is -2.75. The Bertz CT molecular complexity index is 264. The van der Waals surface area contributed by atoms with Crippen molar-refractivity contribution in [2.24, 2.45) is 0 Å². The van der Waals surface area contributed by atoms with E-state index in [1.807, 2.05) is 0 Å². The normalized spacial score (nSPS) is 16.2. The molecular formula is C5H7FO5PS+. The van der Waals surface area contributed by atoms with Crippen LogP contribution in [-0.2, 0) is 20.2 Å². The van der Waals surface area contributed by atoms with Gasteiger partial charge < -0.3 is 4.55 Å². The van der Waals surface area contributed by atoms with E-state index in [9.17, 15) is 13.2 Å². The first-order valence-corrected chi connectivity index (χ1v) is 5.18. The van der Waals surface area contributed by atoms with Crippen molar-refractivity contribution in [1.82, 2.24) is 0 Å². The maximum absolute atomic E-state index is 11.6. The van der Waals surface area contributed by atoms with Gasteiger partial charge in [-0.25, -0.2) is 8.60 Å². The Balaban J connectivity index is 4.20. The monoisotopic (exact) mass is 229 g/mol. The summed E-state index contributed by atoms with van der Waals surface area (Å²) in [6.07, 6.45) is 1.86. The van der Waals surface area contributed by atoms with E-state index >= 15 is 0 Å². The molecule has 0 heterocycles. The molecule has 13 heavy (non-hydrogen) atoms. The highest BCUT2D eigenvalue weighted by molar-refractivity contribution is 7.83. The summed E-state index contributed by atoms with van der Waals surface area (Å²) in [4.78, 5) is 7.92. The number of rotatable bonds is 5. The van der Waals surface area contributed by atoms with Crippen molar-refractivity contribution in [3.05, 3.63) is 23.4 Å². The lowest BCUT2D eigenvalue weighted by atomic mass is 10.5. The summed E-state index contributed by atoms with van der Waals surface area (Å²) < 4.78 is 44.6. The lowest BCUT2D eigenvalue weighted by molar-refractivity contribution is 0.312. The molecule has 0 rings (SSSR count). The van der Waals surface area contributed by atoms with Crippen molar-refractivity contribution >= 4 is 19.3 Å². The number of hydrogen-bond acceptors (Lipinski definition) is 3. The Morgan fingerprint density at radius 2 is 2.31 bits per heavy atom. The summed E-state index contributed by atoms with van der Waals surface area (Å²) >= 11 is -2.34. The first kappa shape index (κ1) is 12.5. The Morgan fingerprint density at radius 3 is 2.69 bits per heavy atom. The molecule has 74 valence electrons. The molecule has 5 nitrogen and oxygen atoms in total. The van der Waals surface area contributed by atoms with Gasteiger partial charge in [-0.3, -0.25) is 0 Å². The van der Waals surface area contributed by atoms with E-state index in [-0.39, 0.29) is 17.8 Å². The van der Waals surface area contributed by atoms with Gasteiger partial charge in [0.1, 0.15) is 6.61 Å². The predicted octanol–water partition coefficient (Wildman–Crippen LogP) is 1.24. The third-order valence-corrected chi connectivity index (χ3v) is 1.97. The van der Waals surface area contributed by atoms with Crippen LogP contribution in [0.1, 0.15) is 0 Å². The molecule has 0 amide bonds. The van der Waals surface area contributed by atoms with Gasteiger partial charge in [-0.15, -0.1) is 9.42 Å². The minimum absolute atomic E-state index is 0.0823. The molecule has 2 unspecified atom stereocenters. The first-order chi connectivity index (χ1) is 6.07. The summed E-state index contributed by atoms with van der Waals surface area (Å²) in [6.45, 7) is -0.336. The topological polar surface area (TPSA) is 83.8 Å². The Morgan fingerprint density at radius 1 is 1.69 bits per heavy atom. The summed E-state index contributed by atoms with van der Waals surface area (Å²) in [5.74, 6) is 0. The molecule has 2 atom stereocenters. The molecular weight excluding hydrogens is 222 g/mol. The fourth-order valence-electron chi connectivity index (χ4n) is 0.443. The van der Waals surface area contributed by atoms with Gasteiger partial charge >= 0.3 is 8.25 Å². The summed E-state index contributed by atoms with van der Waals surface area (Å²) in [6, 6.07) is 0. The first-order valence-electron chi connectivity index (χ1n) is 2.94. The van der Waals surface area contributed by atoms with E-state index in [1.165, 1.54) is 0 Å². The molecule has 0 saturated heterocycles. The van der Waals surface area contributed by atoms with Gasteiger partial charge in [0.2, 0.25) is 0 Å². The molecule has 0 aromatic carbocycles. The van der Waals surface area contributed by atoms with Crippen LogP contribution in [0.4, 0.5) is 4.39 Å². The Labute approximate surface area is 77.1 Å². The molecule has 0 saturated carbocycles. The van der Waals surface area contributed by atoms with Crippen LogP contribution >= 0.6 is 8.25 Å². The lowest BCUT2D eigenvalue weighted by Crippen LogP contribution is -1.92. The highest BCUT2D eigenvalue weighted by Crippen LogP contribution is 2.14. The molecule has 8 heteroatoms. The molecule has 0 aliphatic heterocycles. The molecule has 2 N–H and O–H groups in total. The minimum Gasteiger partial charge on any atom is -0.302 e. The average Bonchev–Trinajstić information content (AvgIpc) is 2.02. The predicted molar refractivity (Wildman–Crippen MR) is 44.9 cm³/mol. The SMILES string of the molecule is O=[P+](O)OCC=C(C=CF)S(=O)O. The Hall–Kier alpha value is -0.460. The molecule has 0 aliphatic rings. The van der Waals surface area contributed by atoms with Crippen LogP contribution in [0.3, 0.4) is 0 Å². The molecule has 0 aromatic rings. The Kier molecular flexibility index (Phi) is 6.75. The van der Waals surface area contributed by atoms with E-state index < -0.39 is 19.3 Å². The summed E-state index contributed by atoms with van der Waals surface area (Å²) in [5, 5.41) is 0. The average molecular weight is 229 g/mol. The fourth-order valence-corrected chi connectivity index (χ4v) is 1.02. The third kappa shape index (κ3) is 6.68.